The number of carbonyl (C=O) groups excluding carboxylic acids is 1. The SMILES string of the molecule is CCOc1ccc2nc(-n3nc(C)c4c3NC(=O)CC4c3ccc(Cl)c(Cl)c3)sc2c1. The lowest BCUT2D eigenvalue weighted by Gasteiger charge is -2.24. The molecule has 6 nitrogen and oxygen atoms in total. The third-order valence-electron chi connectivity index (χ3n) is 5.29. The summed E-state index contributed by atoms with van der Waals surface area (Å²) in [7, 11) is 0. The number of halogens is 2. The molecule has 0 aliphatic carbocycles. The average Bonchev–Trinajstić information content (AvgIpc) is 3.30. The summed E-state index contributed by atoms with van der Waals surface area (Å²) in [4.78, 5) is 17.3. The quantitative estimate of drug-likeness (QED) is 0.397. The second kappa shape index (κ2) is 7.82. The lowest BCUT2D eigenvalue weighted by Crippen LogP contribution is -2.24. The van der Waals surface area contributed by atoms with E-state index in [-0.39, 0.29) is 11.8 Å². The van der Waals surface area contributed by atoms with Crippen LogP contribution in [0.1, 0.15) is 36.1 Å². The second-order valence-corrected chi connectivity index (χ2v) is 9.12. The zero-order valence-electron chi connectivity index (χ0n) is 16.8. The summed E-state index contributed by atoms with van der Waals surface area (Å²) < 4.78 is 8.31. The molecule has 0 fully saturated rings. The van der Waals surface area contributed by atoms with Gasteiger partial charge in [-0.3, -0.25) is 4.79 Å². The molecule has 1 aliphatic rings. The van der Waals surface area contributed by atoms with E-state index in [4.69, 9.17) is 38.0 Å². The highest BCUT2D eigenvalue weighted by Crippen LogP contribution is 2.42. The van der Waals surface area contributed by atoms with Crippen molar-refractivity contribution in [1.82, 2.24) is 14.8 Å². The normalized spacial score (nSPS) is 15.7. The van der Waals surface area contributed by atoms with Crippen LogP contribution in [0.2, 0.25) is 10.0 Å². The van der Waals surface area contributed by atoms with Crippen LogP contribution in [0.25, 0.3) is 15.3 Å². The predicted octanol–water partition coefficient (Wildman–Crippen LogP) is 5.97. The number of carbonyl (C=O) groups is 1. The molecule has 4 aromatic rings. The number of fused-ring (bicyclic) bond motifs is 2. The van der Waals surface area contributed by atoms with E-state index in [0.29, 0.717) is 34.0 Å². The summed E-state index contributed by atoms with van der Waals surface area (Å²) in [5.74, 6) is 1.21. The molecule has 0 spiro atoms. The predicted molar refractivity (Wildman–Crippen MR) is 124 cm³/mol. The Morgan fingerprint density at radius 1 is 1.23 bits per heavy atom. The van der Waals surface area contributed by atoms with E-state index in [9.17, 15) is 4.79 Å². The van der Waals surface area contributed by atoms with Gasteiger partial charge >= 0.3 is 0 Å². The Balaban J connectivity index is 1.62. The summed E-state index contributed by atoms with van der Waals surface area (Å²) in [6.07, 6.45) is 0.315. The number of aryl methyl sites for hydroxylation is 1. The summed E-state index contributed by atoms with van der Waals surface area (Å²) >= 11 is 13.8. The number of ether oxygens (including phenoxy) is 1. The molecule has 1 N–H and O–H groups in total. The molecule has 0 radical (unpaired) electrons. The highest BCUT2D eigenvalue weighted by Gasteiger charge is 2.33. The number of thiazole rings is 1. The van der Waals surface area contributed by atoms with Gasteiger partial charge in [0, 0.05) is 17.9 Å². The first-order valence-electron chi connectivity index (χ1n) is 9.82. The van der Waals surface area contributed by atoms with Crippen LogP contribution in [0, 0.1) is 6.92 Å². The topological polar surface area (TPSA) is 69.0 Å². The Kier molecular flexibility index (Phi) is 5.12. The van der Waals surface area contributed by atoms with Crippen LogP contribution in [0.5, 0.6) is 5.75 Å². The molecule has 1 amide bonds. The minimum Gasteiger partial charge on any atom is -0.494 e. The van der Waals surface area contributed by atoms with Crippen molar-refractivity contribution in [3.05, 3.63) is 63.3 Å². The first-order valence-corrected chi connectivity index (χ1v) is 11.4. The molecule has 0 saturated heterocycles. The van der Waals surface area contributed by atoms with E-state index < -0.39 is 0 Å². The number of anilines is 1. The molecule has 2 aromatic heterocycles. The van der Waals surface area contributed by atoms with E-state index >= 15 is 0 Å². The van der Waals surface area contributed by atoms with Gasteiger partial charge in [0.15, 0.2) is 0 Å². The number of benzene rings is 2. The van der Waals surface area contributed by atoms with Crippen molar-refractivity contribution in [3.8, 4) is 10.9 Å². The number of nitrogens with one attached hydrogen (secondary N) is 1. The Labute approximate surface area is 192 Å². The molecule has 0 saturated carbocycles. The van der Waals surface area contributed by atoms with Gasteiger partial charge < -0.3 is 10.1 Å². The van der Waals surface area contributed by atoms with Crippen LogP contribution in [0.4, 0.5) is 5.82 Å². The summed E-state index contributed by atoms with van der Waals surface area (Å²) in [6.45, 7) is 4.50. The highest BCUT2D eigenvalue weighted by atomic mass is 35.5. The molecule has 9 heteroatoms. The van der Waals surface area contributed by atoms with Gasteiger partial charge in [0.1, 0.15) is 11.6 Å². The lowest BCUT2D eigenvalue weighted by atomic mass is 9.86. The van der Waals surface area contributed by atoms with Crippen LogP contribution in [-0.2, 0) is 4.79 Å². The molecular formula is C22H18Cl2N4O2S. The van der Waals surface area contributed by atoms with Gasteiger partial charge in [0.25, 0.3) is 0 Å². The van der Waals surface area contributed by atoms with E-state index in [0.717, 1.165) is 32.8 Å². The fourth-order valence-corrected chi connectivity index (χ4v) is 5.20. The molecule has 5 rings (SSSR count). The van der Waals surface area contributed by atoms with Gasteiger partial charge in [-0.25, -0.2) is 4.98 Å². The molecule has 1 atom stereocenters. The number of aromatic nitrogens is 3. The molecular weight excluding hydrogens is 455 g/mol. The van der Waals surface area contributed by atoms with Crippen molar-refractivity contribution >= 4 is 56.5 Å². The largest absolute Gasteiger partial charge is 0.494 e. The number of rotatable bonds is 4. The maximum atomic E-state index is 12.6. The fraction of sp³-hybridized carbons (Fsp3) is 0.227. The average molecular weight is 473 g/mol. The van der Waals surface area contributed by atoms with Gasteiger partial charge in [-0.1, -0.05) is 40.6 Å². The Bertz CT molecular complexity index is 1330. The zero-order valence-corrected chi connectivity index (χ0v) is 19.1. The minimum atomic E-state index is -0.161. The van der Waals surface area contributed by atoms with Gasteiger partial charge in [0.2, 0.25) is 11.0 Å². The Morgan fingerprint density at radius 3 is 2.84 bits per heavy atom. The Hall–Kier alpha value is -2.61. The number of nitrogens with zero attached hydrogens (tertiary/aromatic N) is 3. The van der Waals surface area contributed by atoms with Crippen molar-refractivity contribution in [2.24, 2.45) is 0 Å². The van der Waals surface area contributed by atoms with E-state index in [1.807, 2.05) is 44.2 Å². The standard InChI is InChI=1S/C22H18Cl2N4O2S/c1-3-30-13-5-7-17-18(9-13)31-22(25-17)28-21-20(11(2)27-28)14(10-19(29)26-21)12-4-6-15(23)16(24)8-12/h4-9,14H,3,10H2,1-2H3,(H,26,29). The second-order valence-electron chi connectivity index (χ2n) is 7.30. The molecule has 2 aromatic carbocycles. The van der Waals surface area contributed by atoms with Crippen molar-refractivity contribution < 1.29 is 9.53 Å². The van der Waals surface area contributed by atoms with Gasteiger partial charge in [-0.05, 0) is 49.7 Å². The van der Waals surface area contributed by atoms with E-state index in [1.54, 1.807) is 10.7 Å². The Morgan fingerprint density at radius 2 is 2.06 bits per heavy atom. The zero-order chi connectivity index (χ0) is 21.7. The van der Waals surface area contributed by atoms with E-state index in [1.165, 1.54) is 11.3 Å². The first-order chi connectivity index (χ1) is 14.9. The molecule has 1 unspecified atom stereocenters. The highest BCUT2D eigenvalue weighted by molar-refractivity contribution is 7.20. The smallest absolute Gasteiger partial charge is 0.226 e. The van der Waals surface area contributed by atoms with Crippen LogP contribution in [0.15, 0.2) is 36.4 Å². The van der Waals surface area contributed by atoms with E-state index in [2.05, 4.69) is 5.32 Å². The third-order valence-corrected chi connectivity index (χ3v) is 7.02. The number of hydrogen-bond donors (Lipinski definition) is 1. The first kappa shape index (κ1) is 20.3. The monoisotopic (exact) mass is 472 g/mol. The van der Waals surface area contributed by atoms with Gasteiger partial charge in [-0.2, -0.15) is 9.78 Å². The summed E-state index contributed by atoms with van der Waals surface area (Å²) in [5.41, 5.74) is 3.58. The van der Waals surface area contributed by atoms with Crippen molar-refractivity contribution in [1.29, 1.82) is 0 Å². The molecule has 158 valence electrons. The number of hydrogen-bond acceptors (Lipinski definition) is 5. The molecule has 0 bridgehead atoms. The minimum absolute atomic E-state index is 0.0792. The maximum Gasteiger partial charge on any atom is 0.226 e. The lowest BCUT2D eigenvalue weighted by molar-refractivity contribution is -0.116. The van der Waals surface area contributed by atoms with Crippen LogP contribution in [-0.4, -0.2) is 27.3 Å². The number of amides is 1. The molecule has 3 heterocycles. The maximum absolute atomic E-state index is 12.6. The van der Waals surface area contributed by atoms with Crippen molar-refractivity contribution in [2.45, 2.75) is 26.2 Å². The summed E-state index contributed by atoms with van der Waals surface area (Å²) in [5, 5.41) is 9.35. The summed E-state index contributed by atoms with van der Waals surface area (Å²) in [6, 6.07) is 11.3. The van der Waals surface area contributed by atoms with Crippen molar-refractivity contribution in [2.75, 3.05) is 11.9 Å². The van der Waals surface area contributed by atoms with Crippen LogP contribution < -0.4 is 10.1 Å². The molecule has 31 heavy (non-hydrogen) atoms. The van der Waals surface area contributed by atoms with Gasteiger partial charge in [0.05, 0.1) is 32.6 Å². The van der Waals surface area contributed by atoms with Gasteiger partial charge in [-0.15, -0.1) is 0 Å². The van der Waals surface area contributed by atoms with Crippen LogP contribution in [0.3, 0.4) is 0 Å². The molecule has 1 aliphatic heterocycles. The fourth-order valence-electron chi connectivity index (χ4n) is 3.94. The van der Waals surface area contributed by atoms with Crippen molar-refractivity contribution in [3.63, 3.8) is 0 Å². The third kappa shape index (κ3) is 3.56. The van der Waals surface area contributed by atoms with Crippen LogP contribution >= 0.6 is 34.5 Å².